The summed E-state index contributed by atoms with van der Waals surface area (Å²) >= 11 is 0. The van der Waals surface area contributed by atoms with Crippen LogP contribution >= 0.6 is 0 Å². The molecule has 0 saturated heterocycles. The Morgan fingerprint density at radius 1 is 0.977 bits per heavy atom. The summed E-state index contributed by atoms with van der Waals surface area (Å²) in [6.07, 6.45) is -1.18. The Bertz CT molecular complexity index is 1300. The van der Waals surface area contributed by atoms with Crippen molar-refractivity contribution in [2.24, 2.45) is 11.8 Å². The van der Waals surface area contributed by atoms with E-state index in [1.165, 1.54) is 24.1 Å². The second-order valence-electron chi connectivity index (χ2n) is 11.4. The Morgan fingerprint density at radius 2 is 1.63 bits per heavy atom. The Labute approximate surface area is 249 Å². The van der Waals surface area contributed by atoms with Crippen LogP contribution in [0.3, 0.4) is 0 Å². The Balaban J connectivity index is 1.58. The number of carbonyl (C=O) groups is 3. The molecular formula is C31H39F3N4O5. The van der Waals surface area contributed by atoms with E-state index >= 15 is 0 Å². The van der Waals surface area contributed by atoms with E-state index in [9.17, 15) is 27.6 Å². The number of nitrogens with one attached hydrogen (secondary N) is 2. The molecule has 4 amide bonds. The molecule has 2 aromatic rings. The summed E-state index contributed by atoms with van der Waals surface area (Å²) in [4.78, 5) is 42.8. The van der Waals surface area contributed by atoms with E-state index in [1.54, 1.807) is 37.1 Å². The number of hydrogen-bond acceptors (Lipinski definition) is 5. The van der Waals surface area contributed by atoms with Crippen LogP contribution in [0.5, 0.6) is 5.75 Å². The molecule has 1 aliphatic carbocycles. The van der Waals surface area contributed by atoms with Crippen LogP contribution in [0.25, 0.3) is 0 Å². The number of amides is 4. The number of benzene rings is 2. The molecule has 0 unspecified atom stereocenters. The Morgan fingerprint density at radius 3 is 2.26 bits per heavy atom. The van der Waals surface area contributed by atoms with E-state index in [1.807, 2.05) is 6.92 Å². The summed E-state index contributed by atoms with van der Waals surface area (Å²) in [6, 6.07) is 8.17. The van der Waals surface area contributed by atoms with Crippen LogP contribution < -0.4 is 15.4 Å². The van der Waals surface area contributed by atoms with E-state index in [-0.39, 0.29) is 54.6 Å². The third-order valence-electron chi connectivity index (χ3n) is 8.16. The molecule has 0 radical (unpaired) electrons. The first kappa shape index (κ1) is 32.1. The molecule has 1 aliphatic heterocycles. The molecule has 3 atom stereocenters. The summed E-state index contributed by atoms with van der Waals surface area (Å²) in [7, 11) is 3.19. The van der Waals surface area contributed by atoms with Gasteiger partial charge in [0, 0.05) is 50.5 Å². The molecule has 12 heteroatoms. The van der Waals surface area contributed by atoms with Gasteiger partial charge in [0.05, 0.1) is 23.3 Å². The van der Waals surface area contributed by atoms with Gasteiger partial charge in [-0.3, -0.25) is 9.59 Å². The molecule has 4 rings (SSSR count). The van der Waals surface area contributed by atoms with E-state index in [2.05, 4.69) is 10.6 Å². The molecule has 9 nitrogen and oxygen atoms in total. The first-order valence-corrected chi connectivity index (χ1v) is 14.5. The SMILES string of the molecule is CO[C@@H]1CN(C)C(=O)c2cc(NC(=O)C3CCCC3)ccc2OC[C@@H](C)N(C(=O)Nc2ccc(C(F)(F)F)cc2)C[C@H]1C. The van der Waals surface area contributed by atoms with Gasteiger partial charge in [-0.25, -0.2) is 4.79 Å². The number of carbonyl (C=O) groups excluding carboxylic acids is 3. The number of ether oxygens (including phenoxy) is 2. The number of halogens is 3. The van der Waals surface area contributed by atoms with Crippen LogP contribution in [0.1, 0.15) is 55.5 Å². The number of rotatable bonds is 4. The predicted molar refractivity (Wildman–Crippen MR) is 156 cm³/mol. The number of anilines is 2. The quantitative estimate of drug-likeness (QED) is 0.455. The third kappa shape index (κ3) is 7.98. The second kappa shape index (κ2) is 13.7. The molecule has 1 saturated carbocycles. The van der Waals surface area contributed by atoms with Crippen LogP contribution in [0.15, 0.2) is 42.5 Å². The number of urea groups is 1. The highest BCUT2D eigenvalue weighted by atomic mass is 19.4. The summed E-state index contributed by atoms with van der Waals surface area (Å²) in [5.74, 6) is -0.333. The molecule has 0 aromatic heterocycles. The van der Waals surface area contributed by atoms with Crippen molar-refractivity contribution in [2.75, 3.05) is 44.5 Å². The first-order chi connectivity index (χ1) is 20.4. The molecule has 2 N–H and O–H groups in total. The zero-order valence-electron chi connectivity index (χ0n) is 24.9. The number of likely N-dealkylation sites (N-methyl/N-ethyl adjacent to an activating group) is 1. The topological polar surface area (TPSA) is 100 Å². The summed E-state index contributed by atoms with van der Waals surface area (Å²) in [5.41, 5.74) is 0.169. The maximum Gasteiger partial charge on any atom is 0.416 e. The van der Waals surface area contributed by atoms with Gasteiger partial charge < -0.3 is 29.9 Å². The smallest absolute Gasteiger partial charge is 0.416 e. The minimum atomic E-state index is -4.48. The minimum absolute atomic E-state index is 0.0303. The molecule has 43 heavy (non-hydrogen) atoms. The number of nitrogens with zero attached hydrogens (tertiary/aromatic N) is 2. The molecule has 0 bridgehead atoms. The molecule has 2 aromatic carbocycles. The van der Waals surface area contributed by atoms with Crippen molar-refractivity contribution >= 4 is 29.2 Å². The van der Waals surface area contributed by atoms with Gasteiger partial charge in [-0.2, -0.15) is 13.2 Å². The lowest BCUT2D eigenvalue weighted by atomic mass is 10.0. The van der Waals surface area contributed by atoms with Crippen LogP contribution in [0, 0.1) is 11.8 Å². The number of alkyl halides is 3. The largest absolute Gasteiger partial charge is 0.491 e. The van der Waals surface area contributed by atoms with Crippen molar-refractivity contribution in [3.63, 3.8) is 0 Å². The van der Waals surface area contributed by atoms with Gasteiger partial charge in [0.1, 0.15) is 12.4 Å². The van der Waals surface area contributed by atoms with Crippen molar-refractivity contribution < 1.29 is 37.0 Å². The highest BCUT2D eigenvalue weighted by Crippen LogP contribution is 2.31. The van der Waals surface area contributed by atoms with Crippen molar-refractivity contribution in [1.82, 2.24) is 9.80 Å². The van der Waals surface area contributed by atoms with Crippen molar-refractivity contribution in [1.29, 1.82) is 0 Å². The highest BCUT2D eigenvalue weighted by molar-refractivity contribution is 6.00. The Kier molecular flexibility index (Phi) is 10.2. The monoisotopic (exact) mass is 604 g/mol. The normalized spacial score (nSPS) is 22.2. The Hall–Kier alpha value is -3.80. The average molecular weight is 605 g/mol. The fraction of sp³-hybridized carbons (Fsp3) is 0.516. The fourth-order valence-electron chi connectivity index (χ4n) is 5.51. The summed E-state index contributed by atoms with van der Waals surface area (Å²) in [6.45, 7) is 4.17. The van der Waals surface area contributed by atoms with Crippen LogP contribution in [-0.4, -0.2) is 73.6 Å². The maximum absolute atomic E-state index is 13.6. The summed E-state index contributed by atoms with van der Waals surface area (Å²) in [5, 5.41) is 5.62. The van der Waals surface area contributed by atoms with Crippen molar-refractivity contribution in [3.05, 3.63) is 53.6 Å². The van der Waals surface area contributed by atoms with Gasteiger partial charge in [-0.1, -0.05) is 19.8 Å². The lowest BCUT2D eigenvalue weighted by Crippen LogP contribution is -2.50. The zero-order chi connectivity index (χ0) is 31.3. The first-order valence-electron chi connectivity index (χ1n) is 14.5. The number of methoxy groups -OCH3 is 1. The second-order valence-corrected chi connectivity index (χ2v) is 11.4. The highest BCUT2D eigenvalue weighted by Gasteiger charge is 2.32. The minimum Gasteiger partial charge on any atom is -0.491 e. The van der Waals surface area contributed by atoms with Crippen LogP contribution in [0.4, 0.5) is 29.3 Å². The molecule has 1 fully saturated rings. The van der Waals surface area contributed by atoms with E-state index in [0.29, 0.717) is 11.4 Å². The third-order valence-corrected chi connectivity index (χ3v) is 8.16. The summed E-state index contributed by atoms with van der Waals surface area (Å²) < 4.78 is 50.8. The number of fused-ring (bicyclic) bond motifs is 1. The van der Waals surface area contributed by atoms with E-state index in [0.717, 1.165) is 37.8 Å². The predicted octanol–water partition coefficient (Wildman–Crippen LogP) is 5.87. The zero-order valence-corrected chi connectivity index (χ0v) is 24.9. The van der Waals surface area contributed by atoms with Crippen LogP contribution in [-0.2, 0) is 15.7 Å². The fourth-order valence-corrected chi connectivity index (χ4v) is 5.51. The van der Waals surface area contributed by atoms with Gasteiger partial charge in [-0.15, -0.1) is 0 Å². The lowest BCUT2D eigenvalue weighted by molar-refractivity contribution is -0.137. The van der Waals surface area contributed by atoms with Gasteiger partial charge in [0.25, 0.3) is 5.91 Å². The van der Waals surface area contributed by atoms with Gasteiger partial charge in [-0.05, 0) is 62.2 Å². The number of hydrogen-bond donors (Lipinski definition) is 2. The maximum atomic E-state index is 13.6. The van der Waals surface area contributed by atoms with Crippen molar-refractivity contribution in [3.8, 4) is 5.75 Å². The standard InChI is InChI=1S/C31H39F3N4O5/c1-19-16-38(30(41)36-23-11-9-22(10-12-23)31(32,33)34)20(2)18-43-26-14-13-24(35-28(39)21-7-5-6-8-21)15-25(26)29(40)37(3)17-27(19)42-4/h9-15,19-21,27H,5-8,16-18H2,1-4H3,(H,35,39)(H,36,41)/t19-,20-,27-/m1/s1. The van der Waals surface area contributed by atoms with Gasteiger partial charge in [0.15, 0.2) is 0 Å². The molecular weight excluding hydrogens is 565 g/mol. The molecule has 0 spiro atoms. The van der Waals surface area contributed by atoms with E-state index < -0.39 is 29.9 Å². The van der Waals surface area contributed by atoms with Crippen LogP contribution in [0.2, 0.25) is 0 Å². The van der Waals surface area contributed by atoms with Gasteiger partial charge >= 0.3 is 12.2 Å². The van der Waals surface area contributed by atoms with E-state index in [4.69, 9.17) is 9.47 Å². The molecule has 234 valence electrons. The molecule has 1 heterocycles. The lowest BCUT2D eigenvalue weighted by Gasteiger charge is -2.36. The average Bonchev–Trinajstić information content (AvgIpc) is 3.52. The van der Waals surface area contributed by atoms with Crippen molar-refractivity contribution in [2.45, 2.75) is 57.9 Å². The molecule has 2 aliphatic rings. The van der Waals surface area contributed by atoms with Gasteiger partial charge in [0.2, 0.25) is 5.91 Å².